The zero-order valence-corrected chi connectivity index (χ0v) is 13.5. The summed E-state index contributed by atoms with van der Waals surface area (Å²) in [7, 11) is 3.13. The second kappa shape index (κ2) is 7.02. The molecule has 2 aromatic rings. The highest BCUT2D eigenvalue weighted by Crippen LogP contribution is 2.22. The molecule has 0 saturated heterocycles. The molecule has 0 saturated carbocycles. The SMILES string of the molecule is COc1cc(OC)cc(C(=O)NCCn2c(C)ccc2C)c1. The maximum absolute atomic E-state index is 12.2. The Morgan fingerprint density at radius 1 is 1.05 bits per heavy atom. The highest BCUT2D eigenvalue weighted by molar-refractivity contribution is 5.95. The second-order valence-corrected chi connectivity index (χ2v) is 5.12. The Morgan fingerprint density at radius 3 is 2.09 bits per heavy atom. The fraction of sp³-hybridized carbons (Fsp3) is 0.353. The van der Waals surface area contributed by atoms with Gasteiger partial charge in [0.25, 0.3) is 5.91 Å². The third-order valence-corrected chi connectivity index (χ3v) is 3.65. The predicted molar refractivity (Wildman–Crippen MR) is 85.8 cm³/mol. The van der Waals surface area contributed by atoms with Gasteiger partial charge in [-0.15, -0.1) is 0 Å². The third kappa shape index (κ3) is 3.61. The van der Waals surface area contributed by atoms with Crippen molar-refractivity contribution in [2.45, 2.75) is 20.4 Å². The smallest absolute Gasteiger partial charge is 0.251 e. The molecular weight excluding hydrogens is 280 g/mol. The summed E-state index contributed by atoms with van der Waals surface area (Å²) in [5.74, 6) is 1.06. The maximum atomic E-state index is 12.2. The highest BCUT2D eigenvalue weighted by atomic mass is 16.5. The number of methoxy groups -OCH3 is 2. The molecule has 0 fully saturated rings. The highest BCUT2D eigenvalue weighted by Gasteiger charge is 2.10. The van der Waals surface area contributed by atoms with E-state index in [0.29, 0.717) is 23.6 Å². The van der Waals surface area contributed by atoms with Gasteiger partial charge in [0.05, 0.1) is 14.2 Å². The van der Waals surface area contributed by atoms with Gasteiger partial charge in [-0.2, -0.15) is 0 Å². The van der Waals surface area contributed by atoms with Crippen LogP contribution in [0.15, 0.2) is 30.3 Å². The Balaban J connectivity index is 2.00. The summed E-state index contributed by atoms with van der Waals surface area (Å²) in [5, 5.41) is 2.92. The van der Waals surface area contributed by atoms with Gasteiger partial charge < -0.3 is 19.4 Å². The Hall–Kier alpha value is -2.43. The van der Waals surface area contributed by atoms with Gasteiger partial charge in [0, 0.05) is 36.1 Å². The van der Waals surface area contributed by atoms with Gasteiger partial charge >= 0.3 is 0 Å². The zero-order valence-electron chi connectivity index (χ0n) is 13.5. The molecule has 1 amide bonds. The molecule has 0 aliphatic rings. The monoisotopic (exact) mass is 302 g/mol. The first-order valence-electron chi connectivity index (χ1n) is 7.19. The van der Waals surface area contributed by atoms with Gasteiger partial charge in [-0.05, 0) is 38.1 Å². The van der Waals surface area contributed by atoms with Crippen molar-refractivity contribution in [3.05, 3.63) is 47.3 Å². The number of nitrogens with one attached hydrogen (secondary N) is 1. The van der Waals surface area contributed by atoms with Crippen LogP contribution >= 0.6 is 0 Å². The summed E-state index contributed by atoms with van der Waals surface area (Å²) in [4.78, 5) is 12.2. The van der Waals surface area contributed by atoms with Gasteiger partial charge in [-0.3, -0.25) is 4.79 Å². The van der Waals surface area contributed by atoms with E-state index >= 15 is 0 Å². The number of rotatable bonds is 6. The number of benzene rings is 1. The number of carbonyl (C=O) groups excluding carboxylic acids is 1. The lowest BCUT2D eigenvalue weighted by Gasteiger charge is -2.11. The minimum Gasteiger partial charge on any atom is -0.497 e. The summed E-state index contributed by atoms with van der Waals surface area (Å²) in [5.41, 5.74) is 2.90. The summed E-state index contributed by atoms with van der Waals surface area (Å²) >= 11 is 0. The van der Waals surface area contributed by atoms with Gasteiger partial charge in [0.1, 0.15) is 11.5 Å². The third-order valence-electron chi connectivity index (χ3n) is 3.65. The lowest BCUT2D eigenvalue weighted by atomic mass is 10.2. The molecule has 1 heterocycles. The van der Waals surface area contributed by atoms with E-state index in [1.54, 1.807) is 32.4 Å². The van der Waals surface area contributed by atoms with E-state index in [1.807, 2.05) is 0 Å². The van der Waals surface area contributed by atoms with Crippen LogP contribution in [0.25, 0.3) is 0 Å². The average molecular weight is 302 g/mol. The number of amides is 1. The largest absolute Gasteiger partial charge is 0.497 e. The van der Waals surface area contributed by atoms with Crippen molar-refractivity contribution >= 4 is 5.91 Å². The van der Waals surface area contributed by atoms with Crippen LogP contribution in [-0.2, 0) is 6.54 Å². The van der Waals surface area contributed by atoms with Gasteiger partial charge in [-0.25, -0.2) is 0 Å². The molecule has 22 heavy (non-hydrogen) atoms. The summed E-state index contributed by atoms with van der Waals surface area (Å²) in [6, 6.07) is 9.28. The lowest BCUT2D eigenvalue weighted by Crippen LogP contribution is -2.27. The molecule has 5 nitrogen and oxygen atoms in total. The van der Waals surface area contributed by atoms with Crippen LogP contribution in [0.3, 0.4) is 0 Å². The summed E-state index contributed by atoms with van der Waals surface area (Å²) in [6.07, 6.45) is 0. The van der Waals surface area contributed by atoms with E-state index in [4.69, 9.17) is 9.47 Å². The number of ether oxygens (including phenoxy) is 2. The summed E-state index contributed by atoms with van der Waals surface area (Å²) in [6.45, 7) is 5.43. The Bertz CT molecular complexity index is 620. The minimum absolute atomic E-state index is 0.139. The fourth-order valence-electron chi connectivity index (χ4n) is 2.37. The van der Waals surface area contributed by atoms with Crippen molar-refractivity contribution in [2.75, 3.05) is 20.8 Å². The zero-order chi connectivity index (χ0) is 16.1. The van der Waals surface area contributed by atoms with E-state index in [1.165, 1.54) is 11.4 Å². The quantitative estimate of drug-likeness (QED) is 0.892. The molecule has 0 aliphatic carbocycles. The first-order chi connectivity index (χ1) is 10.5. The van der Waals surface area contributed by atoms with Crippen LogP contribution in [0.1, 0.15) is 21.7 Å². The number of aromatic nitrogens is 1. The predicted octanol–water partition coefficient (Wildman–Crippen LogP) is 2.55. The fourth-order valence-corrected chi connectivity index (χ4v) is 2.37. The molecule has 1 aromatic carbocycles. The van der Waals surface area contributed by atoms with E-state index in [9.17, 15) is 4.79 Å². The molecule has 118 valence electrons. The van der Waals surface area contributed by atoms with Crippen LogP contribution in [0.5, 0.6) is 11.5 Å². The average Bonchev–Trinajstić information content (AvgIpc) is 2.85. The van der Waals surface area contributed by atoms with Gasteiger partial charge in [0.2, 0.25) is 0 Å². The normalized spacial score (nSPS) is 10.4. The van der Waals surface area contributed by atoms with Crippen LogP contribution in [0.2, 0.25) is 0 Å². The van der Waals surface area contributed by atoms with Crippen LogP contribution in [-0.4, -0.2) is 31.2 Å². The van der Waals surface area contributed by atoms with Gasteiger partial charge in [0.15, 0.2) is 0 Å². The number of nitrogens with zero attached hydrogens (tertiary/aromatic N) is 1. The lowest BCUT2D eigenvalue weighted by molar-refractivity contribution is 0.0951. The molecule has 0 radical (unpaired) electrons. The number of carbonyl (C=O) groups is 1. The van der Waals surface area contributed by atoms with Gasteiger partial charge in [-0.1, -0.05) is 0 Å². The van der Waals surface area contributed by atoms with Crippen molar-refractivity contribution in [2.24, 2.45) is 0 Å². The van der Waals surface area contributed by atoms with E-state index in [2.05, 4.69) is 35.9 Å². The minimum atomic E-state index is -0.139. The van der Waals surface area contributed by atoms with Crippen molar-refractivity contribution in [1.29, 1.82) is 0 Å². The molecule has 5 heteroatoms. The molecule has 0 spiro atoms. The Morgan fingerprint density at radius 2 is 1.59 bits per heavy atom. The molecule has 0 bridgehead atoms. The Kier molecular flexibility index (Phi) is 5.09. The molecule has 0 atom stereocenters. The molecular formula is C17H22N2O3. The van der Waals surface area contributed by atoms with Crippen molar-refractivity contribution < 1.29 is 14.3 Å². The van der Waals surface area contributed by atoms with E-state index in [-0.39, 0.29) is 5.91 Å². The number of hydrogen-bond donors (Lipinski definition) is 1. The molecule has 0 unspecified atom stereocenters. The maximum Gasteiger partial charge on any atom is 0.251 e. The van der Waals surface area contributed by atoms with Crippen molar-refractivity contribution in [1.82, 2.24) is 9.88 Å². The standard InChI is InChI=1S/C17H22N2O3/c1-12-5-6-13(2)19(12)8-7-18-17(20)14-9-15(21-3)11-16(10-14)22-4/h5-6,9-11H,7-8H2,1-4H3,(H,18,20). The second-order valence-electron chi connectivity index (χ2n) is 5.12. The van der Waals surface area contributed by atoms with Crippen LogP contribution < -0.4 is 14.8 Å². The molecule has 1 aromatic heterocycles. The number of aryl methyl sites for hydroxylation is 2. The van der Waals surface area contributed by atoms with Crippen LogP contribution in [0.4, 0.5) is 0 Å². The van der Waals surface area contributed by atoms with E-state index in [0.717, 1.165) is 6.54 Å². The van der Waals surface area contributed by atoms with Crippen LogP contribution in [0, 0.1) is 13.8 Å². The number of hydrogen-bond acceptors (Lipinski definition) is 3. The van der Waals surface area contributed by atoms with E-state index < -0.39 is 0 Å². The molecule has 1 N–H and O–H groups in total. The van der Waals surface area contributed by atoms with Crippen molar-refractivity contribution in [3.8, 4) is 11.5 Å². The first-order valence-corrected chi connectivity index (χ1v) is 7.19. The first kappa shape index (κ1) is 15.9. The topological polar surface area (TPSA) is 52.5 Å². The summed E-state index contributed by atoms with van der Waals surface area (Å²) < 4.78 is 12.5. The molecule has 2 rings (SSSR count). The van der Waals surface area contributed by atoms with Crippen molar-refractivity contribution in [3.63, 3.8) is 0 Å². The Labute approximate surface area is 130 Å². The molecule has 0 aliphatic heterocycles.